The van der Waals surface area contributed by atoms with E-state index in [9.17, 15) is 4.79 Å². The average Bonchev–Trinajstić information content (AvgIpc) is 3.23. The van der Waals surface area contributed by atoms with E-state index in [0.717, 1.165) is 24.3 Å². The molecule has 1 fully saturated rings. The van der Waals surface area contributed by atoms with Gasteiger partial charge in [-0.05, 0) is 42.5 Å². The van der Waals surface area contributed by atoms with Gasteiger partial charge in [0.05, 0.1) is 11.8 Å². The highest BCUT2D eigenvalue weighted by molar-refractivity contribution is 5.95. The fourth-order valence-corrected chi connectivity index (χ4v) is 3.51. The van der Waals surface area contributed by atoms with Crippen LogP contribution in [0.3, 0.4) is 0 Å². The van der Waals surface area contributed by atoms with Gasteiger partial charge in [0.2, 0.25) is 0 Å². The molecule has 2 atom stereocenters. The van der Waals surface area contributed by atoms with Crippen LogP contribution in [0.15, 0.2) is 30.9 Å². The second-order valence-corrected chi connectivity index (χ2v) is 7.76. The second-order valence-electron chi connectivity index (χ2n) is 7.76. The molecule has 1 amide bonds. The Labute approximate surface area is 148 Å². The first kappa shape index (κ1) is 17.6. The molecule has 6 nitrogen and oxygen atoms in total. The topological polar surface area (TPSA) is 69.0 Å². The van der Waals surface area contributed by atoms with Crippen LogP contribution in [0.25, 0.3) is 5.69 Å². The molecule has 6 heteroatoms. The second kappa shape index (κ2) is 6.96. The molecule has 0 bridgehead atoms. The molecular weight excluding hydrogens is 316 g/mol. The van der Waals surface area contributed by atoms with E-state index in [2.05, 4.69) is 36.2 Å². The molecule has 2 heterocycles. The van der Waals surface area contributed by atoms with E-state index in [1.165, 1.54) is 6.33 Å². The Hall–Kier alpha value is -2.21. The van der Waals surface area contributed by atoms with Crippen molar-refractivity contribution in [1.82, 2.24) is 20.1 Å². The SMILES string of the molecule is Cc1cc(-n2cncn2)ccc1C(=O)NC[C@H]1CCO[C@@H]1C(C)(C)C. The minimum atomic E-state index is -0.0396. The summed E-state index contributed by atoms with van der Waals surface area (Å²) in [6.07, 6.45) is 4.31. The van der Waals surface area contributed by atoms with Gasteiger partial charge in [0.25, 0.3) is 5.91 Å². The zero-order valence-electron chi connectivity index (χ0n) is 15.3. The molecule has 3 rings (SSSR count). The maximum absolute atomic E-state index is 12.6. The number of benzene rings is 1. The van der Waals surface area contributed by atoms with Gasteiger partial charge in [0, 0.05) is 24.6 Å². The van der Waals surface area contributed by atoms with Crippen molar-refractivity contribution in [1.29, 1.82) is 0 Å². The summed E-state index contributed by atoms with van der Waals surface area (Å²) in [5.41, 5.74) is 2.58. The lowest BCUT2D eigenvalue weighted by molar-refractivity contribution is 0.00737. The molecule has 134 valence electrons. The highest BCUT2D eigenvalue weighted by atomic mass is 16.5. The van der Waals surface area contributed by atoms with Gasteiger partial charge < -0.3 is 10.1 Å². The van der Waals surface area contributed by atoms with Crippen molar-refractivity contribution >= 4 is 5.91 Å². The third-order valence-corrected chi connectivity index (χ3v) is 4.73. The number of aryl methyl sites for hydroxylation is 1. The lowest BCUT2D eigenvalue weighted by atomic mass is 9.81. The number of nitrogens with one attached hydrogen (secondary N) is 1. The zero-order chi connectivity index (χ0) is 18.0. The maximum atomic E-state index is 12.6. The van der Waals surface area contributed by atoms with E-state index in [1.807, 2.05) is 25.1 Å². The lowest BCUT2D eigenvalue weighted by Crippen LogP contribution is -2.38. The highest BCUT2D eigenvalue weighted by Crippen LogP contribution is 2.34. The van der Waals surface area contributed by atoms with Crippen molar-refractivity contribution in [3.8, 4) is 5.69 Å². The Morgan fingerprint density at radius 3 is 2.84 bits per heavy atom. The summed E-state index contributed by atoms with van der Waals surface area (Å²) in [4.78, 5) is 16.5. The fourth-order valence-electron chi connectivity index (χ4n) is 3.51. The van der Waals surface area contributed by atoms with Gasteiger partial charge in [-0.2, -0.15) is 5.10 Å². The Morgan fingerprint density at radius 2 is 2.20 bits per heavy atom. The van der Waals surface area contributed by atoms with Crippen molar-refractivity contribution in [2.45, 2.75) is 40.2 Å². The third kappa shape index (κ3) is 3.90. The van der Waals surface area contributed by atoms with Crippen molar-refractivity contribution in [3.63, 3.8) is 0 Å². The van der Waals surface area contributed by atoms with Crippen molar-refractivity contribution in [3.05, 3.63) is 42.0 Å². The van der Waals surface area contributed by atoms with E-state index in [1.54, 1.807) is 11.0 Å². The number of amides is 1. The largest absolute Gasteiger partial charge is 0.377 e. The number of carbonyl (C=O) groups is 1. The lowest BCUT2D eigenvalue weighted by Gasteiger charge is -2.31. The van der Waals surface area contributed by atoms with E-state index in [0.29, 0.717) is 18.0 Å². The minimum absolute atomic E-state index is 0.0396. The quantitative estimate of drug-likeness (QED) is 0.927. The molecular formula is C19H26N4O2. The number of carbonyl (C=O) groups excluding carboxylic acids is 1. The zero-order valence-corrected chi connectivity index (χ0v) is 15.3. The molecule has 2 aromatic rings. The molecule has 1 aliphatic heterocycles. The van der Waals surface area contributed by atoms with Crippen molar-refractivity contribution < 1.29 is 9.53 Å². The first-order chi connectivity index (χ1) is 11.9. The third-order valence-electron chi connectivity index (χ3n) is 4.73. The van der Waals surface area contributed by atoms with Crippen LogP contribution in [0.1, 0.15) is 43.1 Å². The molecule has 1 aromatic heterocycles. The van der Waals surface area contributed by atoms with Crippen LogP contribution in [-0.2, 0) is 4.74 Å². The van der Waals surface area contributed by atoms with E-state index >= 15 is 0 Å². The van der Waals surface area contributed by atoms with E-state index in [-0.39, 0.29) is 17.4 Å². The Kier molecular flexibility index (Phi) is 4.90. The molecule has 0 radical (unpaired) electrons. The van der Waals surface area contributed by atoms with Gasteiger partial charge >= 0.3 is 0 Å². The van der Waals surface area contributed by atoms with Gasteiger partial charge in [-0.15, -0.1) is 0 Å². The molecule has 25 heavy (non-hydrogen) atoms. The summed E-state index contributed by atoms with van der Waals surface area (Å²) in [6, 6.07) is 5.67. The van der Waals surface area contributed by atoms with Crippen LogP contribution in [0.5, 0.6) is 0 Å². The van der Waals surface area contributed by atoms with Crippen LogP contribution in [0.4, 0.5) is 0 Å². The predicted octanol–water partition coefficient (Wildman–Crippen LogP) is 2.76. The minimum Gasteiger partial charge on any atom is -0.377 e. The van der Waals surface area contributed by atoms with Gasteiger partial charge in [-0.25, -0.2) is 9.67 Å². The summed E-state index contributed by atoms with van der Waals surface area (Å²) in [5.74, 6) is 0.320. The first-order valence-electron chi connectivity index (χ1n) is 8.71. The summed E-state index contributed by atoms with van der Waals surface area (Å²) in [6.45, 7) is 9.91. The Balaban J connectivity index is 1.65. The van der Waals surface area contributed by atoms with Gasteiger partial charge in [-0.3, -0.25) is 4.79 Å². The van der Waals surface area contributed by atoms with Gasteiger partial charge in [0.15, 0.2) is 0 Å². The standard InChI is InChI=1S/C19H26N4O2/c1-13-9-15(23-12-20-11-22-23)5-6-16(13)18(24)21-10-14-7-8-25-17(14)19(2,3)4/h5-6,9,11-12,14,17H,7-8,10H2,1-4H3,(H,21,24)/t14-,17+/m1/s1. The predicted molar refractivity (Wildman–Crippen MR) is 95.7 cm³/mol. The Morgan fingerprint density at radius 1 is 1.40 bits per heavy atom. The number of nitrogens with zero attached hydrogens (tertiary/aromatic N) is 3. The van der Waals surface area contributed by atoms with Crippen LogP contribution >= 0.6 is 0 Å². The number of aromatic nitrogens is 3. The molecule has 0 unspecified atom stereocenters. The van der Waals surface area contributed by atoms with E-state index in [4.69, 9.17) is 4.74 Å². The maximum Gasteiger partial charge on any atom is 0.251 e. The number of rotatable bonds is 4. The molecule has 0 saturated carbocycles. The van der Waals surface area contributed by atoms with Crippen LogP contribution in [0, 0.1) is 18.3 Å². The summed E-state index contributed by atoms with van der Waals surface area (Å²) in [7, 11) is 0. The average molecular weight is 342 g/mol. The van der Waals surface area contributed by atoms with Gasteiger partial charge in [0.1, 0.15) is 12.7 Å². The fraction of sp³-hybridized carbons (Fsp3) is 0.526. The molecule has 1 aliphatic rings. The summed E-state index contributed by atoms with van der Waals surface area (Å²) < 4.78 is 7.56. The number of hydrogen-bond acceptors (Lipinski definition) is 4. The van der Waals surface area contributed by atoms with Crippen LogP contribution in [0.2, 0.25) is 0 Å². The molecule has 1 aromatic carbocycles. The van der Waals surface area contributed by atoms with Gasteiger partial charge in [-0.1, -0.05) is 20.8 Å². The molecule has 0 aliphatic carbocycles. The van der Waals surface area contributed by atoms with Crippen LogP contribution in [-0.4, -0.2) is 39.9 Å². The molecule has 0 spiro atoms. The first-order valence-corrected chi connectivity index (χ1v) is 8.71. The highest BCUT2D eigenvalue weighted by Gasteiger charge is 2.37. The van der Waals surface area contributed by atoms with E-state index < -0.39 is 0 Å². The summed E-state index contributed by atoms with van der Waals surface area (Å²) in [5, 5.41) is 7.20. The molecule has 1 N–H and O–H groups in total. The molecule has 1 saturated heterocycles. The van der Waals surface area contributed by atoms with Crippen LogP contribution < -0.4 is 5.32 Å². The number of hydrogen-bond donors (Lipinski definition) is 1. The Bertz CT molecular complexity index is 734. The van der Waals surface area contributed by atoms with Crippen molar-refractivity contribution in [2.24, 2.45) is 11.3 Å². The van der Waals surface area contributed by atoms with Crippen molar-refractivity contribution in [2.75, 3.05) is 13.2 Å². The monoisotopic (exact) mass is 342 g/mol. The normalized spacial score (nSPS) is 20.6. The summed E-state index contributed by atoms with van der Waals surface area (Å²) >= 11 is 0. The number of ether oxygens (including phenoxy) is 1. The smallest absolute Gasteiger partial charge is 0.251 e.